The summed E-state index contributed by atoms with van der Waals surface area (Å²) in [6.07, 6.45) is 1.09. The molecule has 1 aliphatic heterocycles. The molecular formula is C20H23ClN2O4S. The van der Waals surface area contributed by atoms with E-state index in [1.165, 1.54) is 11.3 Å². The molecule has 150 valence electrons. The molecule has 0 spiro atoms. The highest BCUT2D eigenvalue weighted by Gasteiger charge is 2.26. The number of hydrogen-bond acceptors (Lipinski definition) is 5. The molecule has 6 nitrogen and oxygen atoms in total. The Balaban J connectivity index is 1.48. The predicted octanol–water partition coefficient (Wildman–Crippen LogP) is 3.33. The molecule has 1 fully saturated rings. The second kappa shape index (κ2) is 8.92. The summed E-state index contributed by atoms with van der Waals surface area (Å²) in [5.74, 6) is -0.418. The number of nitrogens with one attached hydrogen (secondary N) is 1. The van der Waals surface area contributed by atoms with Gasteiger partial charge in [0.25, 0.3) is 11.8 Å². The van der Waals surface area contributed by atoms with Crippen molar-refractivity contribution in [3.63, 3.8) is 0 Å². The zero-order chi connectivity index (χ0) is 20.3. The number of thiophene rings is 1. The van der Waals surface area contributed by atoms with Crippen LogP contribution in [0, 0.1) is 11.8 Å². The first-order valence-corrected chi connectivity index (χ1v) is 10.4. The lowest BCUT2D eigenvalue weighted by Gasteiger charge is -2.34. The van der Waals surface area contributed by atoms with Gasteiger partial charge in [0.15, 0.2) is 6.61 Å². The van der Waals surface area contributed by atoms with E-state index in [0.717, 1.165) is 16.5 Å². The first-order chi connectivity index (χ1) is 13.3. The highest BCUT2D eigenvalue weighted by Crippen LogP contribution is 2.34. The lowest BCUT2D eigenvalue weighted by molar-refractivity contribution is -0.152. The third kappa shape index (κ3) is 4.83. The standard InChI is InChI=1S/C20H23ClN2O4S/c1-12-7-13(2)10-23(9-12)16(24)11-27-17(25)8-22-20(26)19-18(21)14-5-3-4-6-15(14)28-19/h3-6,12-13H,7-11H2,1-2H3,(H,22,26)/t12-,13-/m0/s1. The minimum Gasteiger partial charge on any atom is -0.454 e. The van der Waals surface area contributed by atoms with E-state index in [1.54, 1.807) is 4.90 Å². The van der Waals surface area contributed by atoms with E-state index in [0.29, 0.717) is 34.8 Å². The summed E-state index contributed by atoms with van der Waals surface area (Å²) in [7, 11) is 0. The number of fused-ring (bicyclic) bond motifs is 1. The van der Waals surface area contributed by atoms with Gasteiger partial charge < -0.3 is 15.0 Å². The normalized spacial score (nSPS) is 19.5. The van der Waals surface area contributed by atoms with E-state index < -0.39 is 11.9 Å². The fourth-order valence-corrected chi connectivity index (χ4v) is 4.98. The molecule has 1 aromatic carbocycles. The van der Waals surface area contributed by atoms with Gasteiger partial charge in [-0.1, -0.05) is 43.6 Å². The number of carbonyl (C=O) groups is 3. The van der Waals surface area contributed by atoms with Gasteiger partial charge in [-0.25, -0.2) is 0 Å². The lowest BCUT2D eigenvalue weighted by Crippen LogP contribution is -2.44. The van der Waals surface area contributed by atoms with Gasteiger partial charge in [-0.15, -0.1) is 11.3 Å². The van der Waals surface area contributed by atoms with Crippen LogP contribution in [-0.4, -0.2) is 48.9 Å². The minimum atomic E-state index is -0.656. The topological polar surface area (TPSA) is 75.7 Å². The van der Waals surface area contributed by atoms with Crippen molar-refractivity contribution in [2.24, 2.45) is 11.8 Å². The molecular weight excluding hydrogens is 400 g/mol. The molecule has 2 aromatic rings. The Bertz CT molecular complexity index is 887. The fraction of sp³-hybridized carbons (Fsp3) is 0.450. The van der Waals surface area contributed by atoms with Gasteiger partial charge in [-0.3, -0.25) is 14.4 Å². The monoisotopic (exact) mass is 422 g/mol. The van der Waals surface area contributed by atoms with E-state index in [4.69, 9.17) is 16.3 Å². The molecule has 1 aliphatic rings. The van der Waals surface area contributed by atoms with Crippen molar-refractivity contribution in [2.45, 2.75) is 20.3 Å². The van der Waals surface area contributed by atoms with E-state index in [1.807, 2.05) is 24.3 Å². The Morgan fingerprint density at radius 3 is 2.57 bits per heavy atom. The van der Waals surface area contributed by atoms with Crippen molar-refractivity contribution in [3.05, 3.63) is 34.2 Å². The van der Waals surface area contributed by atoms with E-state index in [9.17, 15) is 14.4 Å². The van der Waals surface area contributed by atoms with Gasteiger partial charge in [0.05, 0.1) is 5.02 Å². The molecule has 8 heteroatoms. The van der Waals surface area contributed by atoms with Crippen molar-refractivity contribution >= 4 is 50.8 Å². The number of esters is 1. The Morgan fingerprint density at radius 2 is 1.89 bits per heavy atom. The third-order valence-corrected chi connectivity index (χ3v) is 6.39. The molecule has 1 saturated heterocycles. The molecule has 28 heavy (non-hydrogen) atoms. The van der Waals surface area contributed by atoms with Gasteiger partial charge in [0.1, 0.15) is 11.4 Å². The number of piperidine rings is 1. The number of rotatable bonds is 5. The van der Waals surface area contributed by atoms with E-state index in [-0.39, 0.29) is 19.1 Å². The van der Waals surface area contributed by atoms with Crippen LogP contribution in [0.3, 0.4) is 0 Å². The first kappa shape index (κ1) is 20.6. The van der Waals surface area contributed by atoms with E-state index >= 15 is 0 Å². The second-order valence-electron chi connectivity index (χ2n) is 7.33. The average Bonchev–Trinajstić information content (AvgIpc) is 3.00. The van der Waals surface area contributed by atoms with Crippen LogP contribution in [0.2, 0.25) is 5.02 Å². The molecule has 2 amide bonds. The molecule has 1 aromatic heterocycles. The van der Waals surface area contributed by atoms with Crippen LogP contribution in [-0.2, 0) is 14.3 Å². The van der Waals surface area contributed by atoms with Crippen LogP contribution in [0.1, 0.15) is 29.9 Å². The van der Waals surface area contributed by atoms with Crippen LogP contribution in [0.4, 0.5) is 0 Å². The van der Waals surface area contributed by atoms with Gasteiger partial charge in [0.2, 0.25) is 0 Å². The SMILES string of the molecule is C[C@H]1C[C@H](C)CN(C(=O)COC(=O)CNC(=O)c2sc3ccccc3c2Cl)C1. The van der Waals surface area contributed by atoms with Crippen molar-refractivity contribution in [2.75, 3.05) is 26.2 Å². The summed E-state index contributed by atoms with van der Waals surface area (Å²) in [5.41, 5.74) is 0. The molecule has 0 saturated carbocycles. The van der Waals surface area contributed by atoms with Crippen LogP contribution >= 0.6 is 22.9 Å². The first-order valence-electron chi connectivity index (χ1n) is 9.23. The fourth-order valence-electron chi connectivity index (χ4n) is 3.54. The summed E-state index contributed by atoms with van der Waals surface area (Å²) >= 11 is 7.53. The largest absolute Gasteiger partial charge is 0.454 e. The Morgan fingerprint density at radius 1 is 1.21 bits per heavy atom. The molecule has 0 radical (unpaired) electrons. The molecule has 0 bridgehead atoms. The van der Waals surface area contributed by atoms with Crippen molar-refractivity contribution in [3.8, 4) is 0 Å². The van der Waals surface area contributed by atoms with Gasteiger partial charge in [-0.2, -0.15) is 0 Å². The number of amides is 2. The molecule has 0 aliphatic carbocycles. The van der Waals surface area contributed by atoms with Gasteiger partial charge >= 0.3 is 5.97 Å². The van der Waals surface area contributed by atoms with E-state index in [2.05, 4.69) is 19.2 Å². The van der Waals surface area contributed by atoms with Crippen LogP contribution < -0.4 is 5.32 Å². The number of halogens is 1. The zero-order valence-electron chi connectivity index (χ0n) is 15.9. The third-order valence-electron chi connectivity index (χ3n) is 4.71. The maximum Gasteiger partial charge on any atom is 0.325 e. The smallest absolute Gasteiger partial charge is 0.325 e. The molecule has 2 heterocycles. The Kier molecular flexibility index (Phi) is 6.57. The Labute approximate surface area is 172 Å². The predicted molar refractivity (Wildman–Crippen MR) is 110 cm³/mol. The second-order valence-corrected chi connectivity index (χ2v) is 8.76. The number of carbonyl (C=O) groups excluding carboxylic acids is 3. The van der Waals surface area contributed by atoms with Gasteiger partial charge in [0, 0.05) is 23.2 Å². The lowest BCUT2D eigenvalue weighted by atomic mass is 9.92. The average molecular weight is 423 g/mol. The van der Waals surface area contributed by atoms with Crippen molar-refractivity contribution in [1.82, 2.24) is 10.2 Å². The van der Waals surface area contributed by atoms with Crippen LogP contribution in [0.25, 0.3) is 10.1 Å². The zero-order valence-corrected chi connectivity index (χ0v) is 17.4. The summed E-state index contributed by atoms with van der Waals surface area (Å²) in [6.45, 7) is 4.96. The summed E-state index contributed by atoms with van der Waals surface area (Å²) in [4.78, 5) is 38.6. The van der Waals surface area contributed by atoms with Crippen LogP contribution in [0.5, 0.6) is 0 Å². The van der Waals surface area contributed by atoms with Gasteiger partial charge in [-0.05, 0) is 24.3 Å². The summed E-state index contributed by atoms with van der Waals surface area (Å²) in [6, 6.07) is 7.44. The highest BCUT2D eigenvalue weighted by molar-refractivity contribution is 7.21. The number of ether oxygens (including phenoxy) is 1. The molecule has 0 unspecified atom stereocenters. The number of benzene rings is 1. The quantitative estimate of drug-likeness (QED) is 0.750. The number of nitrogens with zero attached hydrogens (tertiary/aromatic N) is 1. The highest BCUT2D eigenvalue weighted by atomic mass is 35.5. The molecule has 3 rings (SSSR count). The maximum absolute atomic E-state index is 12.3. The van der Waals surface area contributed by atoms with Crippen LogP contribution in [0.15, 0.2) is 24.3 Å². The molecule has 1 N–H and O–H groups in total. The summed E-state index contributed by atoms with van der Waals surface area (Å²) in [5, 5.41) is 3.68. The van der Waals surface area contributed by atoms with Crippen molar-refractivity contribution < 1.29 is 19.1 Å². The number of hydrogen-bond donors (Lipinski definition) is 1. The maximum atomic E-state index is 12.3. The molecule has 2 atom stereocenters. The minimum absolute atomic E-state index is 0.203. The summed E-state index contributed by atoms with van der Waals surface area (Å²) < 4.78 is 5.93. The number of likely N-dealkylation sites (tertiary alicyclic amines) is 1. The van der Waals surface area contributed by atoms with Crippen molar-refractivity contribution in [1.29, 1.82) is 0 Å². The Hall–Kier alpha value is -2.12.